The zero-order chi connectivity index (χ0) is 15.6. The summed E-state index contributed by atoms with van der Waals surface area (Å²) in [5.74, 6) is 0.454. The highest BCUT2D eigenvalue weighted by atomic mass is 19.1. The molecular formula is C17H21FN4. The number of rotatable bonds is 4. The molecule has 3 rings (SSSR count). The first-order chi connectivity index (χ1) is 10.5. The van der Waals surface area contributed by atoms with Gasteiger partial charge in [0.2, 0.25) is 5.95 Å². The summed E-state index contributed by atoms with van der Waals surface area (Å²) >= 11 is 0. The van der Waals surface area contributed by atoms with Crippen molar-refractivity contribution in [3.63, 3.8) is 0 Å². The minimum atomic E-state index is -0.209. The van der Waals surface area contributed by atoms with Gasteiger partial charge in [-0.05, 0) is 17.7 Å². The first-order valence-corrected chi connectivity index (χ1v) is 7.60. The van der Waals surface area contributed by atoms with Gasteiger partial charge >= 0.3 is 0 Å². The lowest BCUT2D eigenvalue weighted by molar-refractivity contribution is 0.550. The highest BCUT2D eigenvalue weighted by Crippen LogP contribution is 2.23. The van der Waals surface area contributed by atoms with Crippen LogP contribution in [-0.2, 0) is 18.4 Å². The van der Waals surface area contributed by atoms with E-state index in [0.29, 0.717) is 12.5 Å². The lowest BCUT2D eigenvalue weighted by atomic mass is 9.84. The van der Waals surface area contributed by atoms with Gasteiger partial charge in [-0.15, -0.1) is 0 Å². The molecule has 0 saturated carbocycles. The molecule has 0 bridgehead atoms. The molecule has 0 amide bonds. The van der Waals surface area contributed by atoms with Crippen molar-refractivity contribution in [2.75, 3.05) is 18.4 Å². The fourth-order valence-electron chi connectivity index (χ4n) is 2.62. The van der Waals surface area contributed by atoms with E-state index in [1.54, 1.807) is 0 Å². The molecule has 116 valence electrons. The van der Waals surface area contributed by atoms with Gasteiger partial charge < -0.3 is 10.6 Å². The number of halogens is 1. The standard InChI is InChI=1S/C17H21FN4/c1-17(2,13-3-5-14(18)6-4-13)11-21-16-20-10-12-9-19-8-7-15(12)22-16/h3-6,10,19H,7-9,11H2,1-2H3,(H,20,21,22). The topological polar surface area (TPSA) is 49.8 Å². The van der Waals surface area contributed by atoms with Crippen LogP contribution in [0.15, 0.2) is 30.5 Å². The van der Waals surface area contributed by atoms with Crippen molar-refractivity contribution in [3.05, 3.63) is 53.1 Å². The van der Waals surface area contributed by atoms with Crippen molar-refractivity contribution >= 4 is 5.95 Å². The number of hydrogen-bond donors (Lipinski definition) is 2. The summed E-state index contributed by atoms with van der Waals surface area (Å²) in [5, 5.41) is 6.62. The lowest BCUT2D eigenvalue weighted by Gasteiger charge is -2.26. The van der Waals surface area contributed by atoms with Crippen LogP contribution in [-0.4, -0.2) is 23.1 Å². The van der Waals surface area contributed by atoms with Crippen molar-refractivity contribution < 1.29 is 4.39 Å². The molecule has 1 aliphatic heterocycles. The van der Waals surface area contributed by atoms with E-state index in [-0.39, 0.29) is 11.2 Å². The SMILES string of the molecule is CC(C)(CNc1ncc2c(n1)CCNC2)c1ccc(F)cc1. The highest BCUT2D eigenvalue weighted by molar-refractivity contribution is 5.33. The number of aromatic nitrogens is 2. The van der Waals surface area contributed by atoms with Crippen molar-refractivity contribution in [3.8, 4) is 0 Å². The monoisotopic (exact) mass is 300 g/mol. The summed E-state index contributed by atoms with van der Waals surface area (Å²) in [4.78, 5) is 8.98. The highest BCUT2D eigenvalue weighted by Gasteiger charge is 2.21. The summed E-state index contributed by atoms with van der Waals surface area (Å²) in [5.41, 5.74) is 3.25. The molecule has 5 heteroatoms. The van der Waals surface area contributed by atoms with Gasteiger partial charge in [-0.3, -0.25) is 0 Å². The summed E-state index contributed by atoms with van der Waals surface area (Å²) in [6.07, 6.45) is 2.83. The molecule has 1 aromatic carbocycles. The summed E-state index contributed by atoms with van der Waals surface area (Å²) in [6, 6.07) is 6.66. The molecule has 0 aliphatic carbocycles. The maximum Gasteiger partial charge on any atom is 0.222 e. The number of hydrogen-bond acceptors (Lipinski definition) is 4. The lowest BCUT2D eigenvalue weighted by Crippen LogP contribution is -2.29. The van der Waals surface area contributed by atoms with Gasteiger partial charge in [-0.2, -0.15) is 0 Å². The first-order valence-electron chi connectivity index (χ1n) is 7.60. The van der Waals surface area contributed by atoms with Crippen LogP contribution in [0.2, 0.25) is 0 Å². The molecule has 1 aromatic heterocycles. The van der Waals surface area contributed by atoms with Crippen LogP contribution >= 0.6 is 0 Å². The van der Waals surface area contributed by atoms with Crippen molar-refractivity contribution in [1.29, 1.82) is 0 Å². The number of nitrogens with zero attached hydrogens (tertiary/aromatic N) is 2. The maximum atomic E-state index is 13.0. The third kappa shape index (κ3) is 3.25. The Bertz CT molecular complexity index is 652. The Hall–Kier alpha value is -2.01. The maximum absolute atomic E-state index is 13.0. The van der Waals surface area contributed by atoms with Gasteiger partial charge in [-0.1, -0.05) is 26.0 Å². The van der Waals surface area contributed by atoms with E-state index in [1.165, 1.54) is 17.7 Å². The smallest absolute Gasteiger partial charge is 0.222 e. The molecule has 0 fully saturated rings. The molecule has 0 spiro atoms. The Morgan fingerprint density at radius 3 is 2.82 bits per heavy atom. The average molecular weight is 300 g/mol. The van der Waals surface area contributed by atoms with Gasteiger partial charge in [0.15, 0.2) is 0 Å². The van der Waals surface area contributed by atoms with Gasteiger partial charge in [0.1, 0.15) is 5.82 Å². The molecule has 0 unspecified atom stereocenters. The van der Waals surface area contributed by atoms with Gasteiger partial charge in [0.05, 0.1) is 5.69 Å². The van der Waals surface area contributed by atoms with Gasteiger partial charge in [-0.25, -0.2) is 14.4 Å². The molecule has 2 heterocycles. The van der Waals surface area contributed by atoms with E-state index < -0.39 is 0 Å². The minimum Gasteiger partial charge on any atom is -0.353 e. The largest absolute Gasteiger partial charge is 0.353 e. The predicted molar refractivity (Wildman–Crippen MR) is 85.4 cm³/mol. The van der Waals surface area contributed by atoms with Crippen LogP contribution in [0.25, 0.3) is 0 Å². The Morgan fingerprint density at radius 1 is 1.27 bits per heavy atom. The molecular weight excluding hydrogens is 279 g/mol. The Kier molecular flexibility index (Phi) is 4.07. The fraction of sp³-hybridized carbons (Fsp3) is 0.412. The molecule has 1 aliphatic rings. The van der Waals surface area contributed by atoms with Crippen molar-refractivity contribution in [2.45, 2.75) is 32.2 Å². The van der Waals surface area contributed by atoms with Crippen LogP contribution in [0.1, 0.15) is 30.7 Å². The quantitative estimate of drug-likeness (QED) is 0.911. The van der Waals surface area contributed by atoms with Crippen LogP contribution in [0.3, 0.4) is 0 Å². The molecule has 22 heavy (non-hydrogen) atoms. The van der Waals surface area contributed by atoms with Gasteiger partial charge in [0, 0.05) is 43.2 Å². The number of anilines is 1. The van der Waals surface area contributed by atoms with Crippen LogP contribution in [0.5, 0.6) is 0 Å². The minimum absolute atomic E-state index is 0.130. The third-order valence-corrected chi connectivity index (χ3v) is 4.12. The third-order valence-electron chi connectivity index (χ3n) is 4.12. The summed E-state index contributed by atoms with van der Waals surface area (Å²) in [6.45, 7) is 6.74. The van der Waals surface area contributed by atoms with Crippen molar-refractivity contribution in [1.82, 2.24) is 15.3 Å². The van der Waals surface area contributed by atoms with Crippen LogP contribution in [0.4, 0.5) is 10.3 Å². The van der Waals surface area contributed by atoms with E-state index in [2.05, 4.69) is 34.4 Å². The number of benzene rings is 1. The van der Waals surface area contributed by atoms with E-state index in [4.69, 9.17) is 0 Å². The molecule has 0 atom stereocenters. The molecule has 0 radical (unpaired) electrons. The van der Waals surface area contributed by atoms with E-state index >= 15 is 0 Å². The number of fused-ring (bicyclic) bond motifs is 1. The predicted octanol–water partition coefficient (Wildman–Crippen LogP) is 2.65. The van der Waals surface area contributed by atoms with E-state index in [1.807, 2.05) is 18.3 Å². The Balaban J connectivity index is 1.70. The molecule has 2 aromatic rings. The normalized spacial score (nSPS) is 14.5. The van der Waals surface area contributed by atoms with E-state index in [9.17, 15) is 4.39 Å². The Labute approximate surface area is 130 Å². The van der Waals surface area contributed by atoms with Crippen LogP contribution < -0.4 is 10.6 Å². The van der Waals surface area contributed by atoms with Gasteiger partial charge in [0.25, 0.3) is 0 Å². The second-order valence-corrected chi connectivity index (χ2v) is 6.34. The summed E-state index contributed by atoms with van der Waals surface area (Å²) in [7, 11) is 0. The average Bonchev–Trinajstić information content (AvgIpc) is 2.53. The van der Waals surface area contributed by atoms with Crippen LogP contribution in [0, 0.1) is 5.82 Å². The molecule has 2 N–H and O–H groups in total. The second-order valence-electron chi connectivity index (χ2n) is 6.34. The zero-order valence-corrected chi connectivity index (χ0v) is 13.0. The fourth-order valence-corrected chi connectivity index (χ4v) is 2.62. The second kappa shape index (κ2) is 6.01. The summed E-state index contributed by atoms with van der Waals surface area (Å²) < 4.78 is 13.0. The number of nitrogens with one attached hydrogen (secondary N) is 2. The zero-order valence-electron chi connectivity index (χ0n) is 13.0. The molecule has 0 saturated heterocycles. The van der Waals surface area contributed by atoms with E-state index in [0.717, 1.165) is 30.8 Å². The first kappa shape index (κ1) is 14.9. The van der Waals surface area contributed by atoms with Crippen molar-refractivity contribution in [2.24, 2.45) is 0 Å². The Morgan fingerprint density at radius 2 is 2.05 bits per heavy atom. The molecule has 4 nitrogen and oxygen atoms in total.